The molecule has 0 fully saturated rings. The molecule has 1 amide bonds. The van der Waals surface area contributed by atoms with Gasteiger partial charge in [0.1, 0.15) is 9.60 Å². The number of amides is 1. The van der Waals surface area contributed by atoms with Crippen LogP contribution in [0.4, 0.5) is 5.00 Å². The molecule has 0 radical (unpaired) electrons. The maximum atomic E-state index is 12.6. The number of aromatic nitrogens is 2. The Morgan fingerprint density at radius 2 is 2.08 bits per heavy atom. The quantitative estimate of drug-likeness (QED) is 0.595. The maximum Gasteiger partial charge on any atom is 0.341 e. The van der Waals surface area contributed by atoms with Crippen molar-refractivity contribution in [2.24, 2.45) is 0 Å². The first-order valence-corrected chi connectivity index (χ1v) is 10.5. The minimum atomic E-state index is -0.378. The topological polar surface area (TPSA) is 84.1 Å². The Morgan fingerprint density at radius 1 is 1.32 bits per heavy atom. The van der Waals surface area contributed by atoms with Gasteiger partial charge in [0.25, 0.3) is 5.91 Å². The number of hydrogen-bond acceptors (Lipinski definition) is 5. The molecule has 2 N–H and O–H groups in total. The lowest BCUT2D eigenvalue weighted by atomic mass is 9.95. The molecule has 0 atom stereocenters. The monoisotopic (exact) mass is 489 g/mol. The molecule has 134 valence electrons. The zero-order valence-electron chi connectivity index (χ0n) is 13.6. The summed E-state index contributed by atoms with van der Waals surface area (Å²) < 4.78 is 6.47. The Kier molecular flexibility index (Phi) is 5.96. The van der Waals surface area contributed by atoms with Crippen LogP contribution in [0.2, 0.25) is 0 Å². The number of halogens is 2. The summed E-state index contributed by atoms with van der Waals surface area (Å²) in [4.78, 5) is 26.3. The first kappa shape index (κ1) is 18.6. The summed E-state index contributed by atoms with van der Waals surface area (Å²) >= 11 is 8.04. The zero-order chi connectivity index (χ0) is 18.0. The molecule has 25 heavy (non-hydrogen) atoms. The van der Waals surface area contributed by atoms with Crippen molar-refractivity contribution in [1.29, 1.82) is 0 Å². The van der Waals surface area contributed by atoms with E-state index in [1.807, 2.05) is 6.92 Å². The second kappa shape index (κ2) is 8.01. The molecule has 1 aliphatic carbocycles. The highest BCUT2D eigenvalue weighted by Crippen LogP contribution is 2.39. The van der Waals surface area contributed by atoms with E-state index in [2.05, 4.69) is 47.4 Å². The van der Waals surface area contributed by atoms with Crippen LogP contribution in [-0.2, 0) is 17.6 Å². The van der Waals surface area contributed by atoms with Crippen LogP contribution in [-0.4, -0.2) is 28.7 Å². The standard InChI is InChI=1S/C16H17Br2N3O3S/c1-2-7-24-16(23)10-8-5-3-4-6-9(8)25-15(10)19-14(22)12-11(17)13(18)21-20-12/h2-7H2,1H3,(H,19,22)(H,20,21). The number of anilines is 1. The van der Waals surface area contributed by atoms with Crippen LogP contribution < -0.4 is 5.32 Å². The van der Waals surface area contributed by atoms with Crippen molar-refractivity contribution in [3.05, 3.63) is 30.8 Å². The molecule has 0 bridgehead atoms. The maximum absolute atomic E-state index is 12.6. The molecule has 2 heterocycles. The predicted molar refractivity (Wildman–Crippen MR) is 103 cm³/mol. The Labute approximate surface area is 166 Å². The van der Waals surface area contributed by atoms with Crippen molar-refractivity contribution in [3.8, 4) is 0 Å². The summed E-state index contributed by atoms with van der Waals surface area (Å²) in [6.45, 7) is 2.32. The molecule has 3 rings (SSSR count). The minimum absolute atomic E-state index is 0.228. The largest absolute Gasteiger partial charge is 0.462 e. The second-order valence-corrected chi connectivity index (χ2v) is 8.40. The van der Waals surface area contributed by atoms with Gasteiger partial charge in [0.05, 0.1) is 16.6 Å². The third-order valence-corrected chi connectivity index (χ3v) is 7.01. The van der Waals surface area contributed by atoms with E-state index >= 15 is 0 Å². The third kappa shape index (κ3) is 3.83. The van der Waals surface area contributed by atoms with E-state index in [4.69, 9.17) is 4.74 Å². The lowest BCUT2D eigenvalue weighted by molar-refractivity contribution is 0.0505. The number of ether oxygens (including phenoxy) is 1. The second-order valence-electron chi connectivity index (χ2n) is 5.71. The van der Waals surface area contributed by atoms with Crippen molar-refractivity contribution in [1.82, 2.24) is 10.2 Å². The molecule has 0 saturated carbocycles. The van der Waals surface area contributed by atoms with Gasteiger partial charge in [-0.2, -0.15) is 5.10 Å². The van der Waals surface area contributed by atoms with E-state index in [1.54, 1.807) is 0 Å². The van der Waals surface area contributed by atoms with Gasteiger partial charge in [0, 0.05) is 4.88 Å². The van der Waals surface area contributed by atoms with E-state index in [9.17, 15) is 9.59 Å². The van der Waals surface area contributed by atoms with Crippen molar-refractivity contribution >= 4 is 60.1 Å². The van der Waals surface area contributed by atoms with E-state index in [-0.39, 0.29) is 17.6 Å². The normalized spacial score (nSPS) is 13.4. The average molecular weight is 491 g/mol. The number of aryl methyl sites for hydroxylation is 1. The number of hydrogen-bond donors (Lipinski definition) is 2. The van der Waals surface area contributed by atoms with Crippen LogP contribution >= 0.6 is 43.2 Å². The van der Waals surface area contributed by atoms with Gasteiger partial charge in [-0.1, -0.05) is 6.92 Å². The number of nitrogens with zero attached hydrogens (tertiary/aromatic N) is 1. The highest BCUT2D eigenvalue weighted by Gasteiger charge is 2.28. The highest BCUT2D eigenvalue weighted by atomic mass is 79.9. The number of rotatable bonds is 5. The van der Waals surface area contributed by atoms with Crippen LogP contribution in [0.15, 0.2) is 9.08 Å². The third-order valence-electron chi connectivity index (χ3n) is 3.92. The van der Waals surface area contributed by atoms with Gasteiger partial charge in [-0.25, -0.2) is 4.79 Å². The summed E-state index contributed by atoms with van der Waals surface area (Å²) in [6.07, 6.45) is 4.68. The van der Waals surface area contributed by atoms with Gasteiger partial charge in [0.15, 0.2) is 5.69 Å². The fourth-order valence-electron chi connectivity index (χ4n) is 2.76. The van der Waals surface area contributed by atoms with Crippen LogP contribution in [0.5, 0.6) is 0 Å². The predicted octanol–water partition coefficient (Wildman–Crippen LogP) is 4.69. The van der Waals surface area contributed by atoms with Crippen LogP contribution in [0.25, 0.3) is 0 Å². The van der Waals surface area contributed by atoms with Crippen molar-refractivity contribution < 1.29 is 14.3 Å². The van der Waals surface area contributed by atoms with Crippen LogP contribution in [0.3, 0.4) is 0 Å². The molecule has 9 heteroatoms. The Hall–Kier alpha value is -1.19. The number of H-pyrrole nitrogens is 1. The van der Waals surface area contributed by atoms with Gasteiger partial charge in [-0.05, 0) is 69.5 Å². The van der Waals surface area contributed by atoms with Gasteiger partial charge >= 0.3 is 5.97 Å². The number of thiophene rings is 1. The fraction of sp³-hybridized carbons (Fsp3) is 0.438. The number of carbonyl (C=O) groups excluding carboxylic acids is 2. The number of fused-ring (bicyclic) bond motifs is 1. The number of carbonyl (C=O) groups is 2. The minimum Gasteiger partial charge on any atom is -0.462 e. The van der Waals surface area contributed by atoms with Crippen molar-refractivity contribution in [3.63, 3.8) is 0 Å². The summed E-state index contributed by atoms with van der Waals surface area (Å²) in [6, 6.07) is 0. The fourth-order valence-corrected chi connectivity index (χ4v) is 4.66. The first-order valence-electron chi connectivity index (χ1n) is 8.05. The molecule has 0 aliphatic heterocycles. The molecular weight excluding hydrogens is 474 g/mol. The Balaban J connectivity index is 1.92. The first-order chi connectivity index (χ1) is 12.0. The van der Waals surface area contributed by atoms with Crippen molar-refractivity contribution in [2.75, 3.05) is 11.9 Å². The molecule has 6 nitrogen and oxygen atoms in total. The number of aromatic amines is 1. The van der Waals surface area contributed by atoms with Gasteiger partial charge in [-0.15, -0.1) is 11.3 Å². The summed E-state index contributed by atoms with van der Waals surface area (Å²) in [5.74, 6) is -0.740. The smallest absolute Gasteiger partial charge is 0.341 e. The van der Waals surface area contributed by atoms with E-state index in [0.717, 1.165) is 42.5 Å². The van der Waals surface area contributed by atoms with Crippen LogP contribution in [0, 0.1) is 0 Å². The lowest BCUT2D eigenvalue weighted by Crippen LogP contribution is -2.16. The van der Waals surface area contributed by atoms with E-state index in [1.165, 1.54) is 11.3 Å². The van der Waals surface area contributed by atoms with Gasteiger partial charge in [0.2, 0.25) is 0 Å². The molecule has 0 saturated heterocycles. The summed E-state index contributed by atoms with van der Waals surface area (Å²) in [5, 5.41) is 10.0. The molecule has 2 aromatic rings. The SMILES string of the molecule is CCCOC(=O)c1c(NC(=O)c2n[nH]c(Br)c2Br)sc2c1CCCC2. The van der Waals surface area contributed by atoms with Gasteiger partial charge < -0.3 is 10.1 Å². The Morgan fingerprint density at radius 3 is 2.76 bits per heavy atom. The molecular formula is C16H17Br2N3O3S. The van der Waals surface area contributed by atoms with E-state index in [0.29, 0.717) is 26.2 Å². The average Bonchev–Trinajstić information content (AvgIpc) is 3.13. The molecule has 0 aromatic carbocycles. The highest BCUT2D eigenvalue weighted by molar-refractivity contribution is 9.13. The number of nitrogens with one attached hydrogen (secondary N) is 2. The zero-order valence-corrected chi connectivity index (χ0v) is 17.6. The lowest BCUT2D eigenvalue weighted by Gasteiger charge is -2.12. The molecule has 0 unspecified atom stereocenters. The molecule has 0 spiro atoms. The summed E-state index contributed by atoms with van der Waals surface area (Å²) in [5.41, 5.74) is 1.76. The Bertz CT molecular complexity index is 816. The molecule has 2 aromatic heterocycles. The van der Waals surface area contributed by atoms with E-state index < -0.39 is 0 Å². The van der Waals surface area contributed by atoms with Gasteiger partial charge in [-0.3, -0.25) is 9.89 Å². The molecule has 1 aliphatic rings. The summed E-state index contributed by atoms with van der Waals surface area (Å²) in [7, 11) is 0. The van der Waals surface area contributed by atoms with Crippen LogP contribution in [0.1, 0.15) is 57.5 Å². The van der Waals surface area contributed by atoms with Crippen molar-refractivity contribution in [2.45, 2.75) is 39.0 Å². The number of esters is 1.